The van der Waals surface area contributed by atoms with Gasteiger partial charge in [0.05, 0.1) is 11.1 Å². The lowest BCUT2D eigenvalue weighted by Gasteiger charge is -2.24. The SMILES string of the molecule is CC(C)c1nn(CC(=O)NC2CCN(C(=O)OC(C)(C)C)C2)c(=O)c2ccc(Br)cc12. The van der Waals surface area contributed by atoms with E-state index < -0.39 is 5.60 Å². The largest absolute Gasteiger partial charge is 0.444 e. The summed E-state index contributed by atoms with van der Waals surface area (Å²) >= 11 is 3.44. The lowest BCUT2D eigenvalue weighted by Crippen LogP contribution is -2.42. The third-order valence-corrected chi connectivity index (χ3v) is 5.49. The Morgan fingerprint density at radius 1 is 1.29 bits per heavy atom. The van der Waals surface area contributed by atoms with Crippen LogP contribution in [0.1, 0.15) is 52.7 Å². The van der Waals surface area contributed by atoms with E-state index in [0.29, 0.717) is 24.9 Å². The minimum atomic E-state index is -0.564. The van der Waals surface area contributed by atoms with Crippen LogP contribution in [0.25, 0.3) is 10.8 Å². The molecule has 31 heavy (non-hydrogen) atoms. The second-order valence-electron chi connectivity index (χ2n) is 9.17. The lowest BCUT2D eigenvalue weighted by molar-refractivity contribution is -0.122. The molecule has 1 aliphatic rings. The molecule has 2 aromatic rings. The van der Waals surface area contributed by atoms with Crippen molar-refractivity contribution in [3.63, 3.8) is 0 Å². The van der Waals surface area contributed by atoms with Crippen LogP contribution in [0.5, 0.6) is 0 Å². The molecule has 8 nitrogen and oxygen atoms in total. The molecule has 9 heteroatoms. The Bertz CT molecular complexity index is 1060. The van der Waals surface area contributed by atoms with Crippen molar-refractivity contribution >= 4 is 38.7 Å². The number of rotatable bonds is 4. The Morgan fingerprint density at radius 3 is 2.65 bits per heavy atom. The van der Waals surface area contributed by atoms with Crippen LogP contribution in [0.15, 0.2) is 27.5 Å². The molecule has 0 spiro atoms. The first kappa shape index (κ1) is 23.2. The molecule has 1 saturated heterocycles. The zero-order chi connectivity index (χ0) is 22.9. The summed E-state index contributed by atoms with van der Waals surface area (Å²) in [5, 5.41) is 8.71. The minimum absolute atomic E-state index is 0.0870. The van der Waals surface area contributed by atoms with Crippen LogP contribution >= 0.6 is 15.9 Å². The van der Waals surface area contributed by atoms with Gasteiger partial charge < -0.3 is 15.0 Å². The van der Waals surface area contributed by atoms with Gasteiger partial charge in [-0.1, -0.05) is 29.8 Å². The van der Waals surface area contributed by atoms with Gasteiger partial charge in [0.1, 0.15) is 12.1 Å². The first-order valence-electron chi connectivity index (χ1n) is 10.4. The van der Waals surface area contributed by atoms with Crippen LogP contribution in [0, 0.1) is 0 Å². The molecule has 0 aliphatic carbocycles. The second-order valence-corrected chi connectivity index (χ2v) is 10.1. The van der Waals surface area contributed by atoms with E-state index in [1.54, 1.807) is 11.0 Å². The fourth-order valence-corrected chi connectivity index (χ4v) is 3.96. The minimum Gasteiger partial charge on any atom is -0.444 e. The number of hydrogen-bond acceptors (Lipinski definition) is 5. The summed E-state index contributed by atoms with van der Waals surface area (Å²) in [4.78, 5) is 39.3. The van der Waals surface area contributed by atoms with Gasteiger partial charge in [-0.2, -0.15) is 5.10 Å². The van der Waals surface area contributed by atoms with E-state index >= 15 is 0 Å². The standard InChI is InChI=1S/C22H29BrN4O4/c1-13(2)19-17-10-14(23)6-7-16(17)20(29)27(25-19)12-18(28)24-15-8-9-26(11-15)21(30)31-22(3,4)5/h6-7,10,13,15H,8-9,11-12H2,1-5H3,(H,24,28). The molecule has 0 radical (unpaired) electrons. The number of likely N-dealkylation sites (tertiary alicyclic amines) is 1. The van der Waals surface area contributed by atoms with Crippen LogP contribution in [-0.4, -0.2) is 51.4 Å². The van der Waals surface area contributed by atoms with Crippen molar-refractivity contribution in [1.29, 1.82) is 0 Å². The van der Waals surface area contributed by atoms with E-state index in [1.165, 1.54) is 4.68 Å². The third kappa shape index (κ3) is 5.64. The molecule has 2 heterocycles. The monoisotopic (exact) mass is 492 g/mol. The van der Waals surface area contributed by atoms with Crippen LogP contribution in [0.4, 0.5) is 4.79 Å². The highest BCUT2D eigenvalue weighted by molar-refractivity contribution is 9.10. The Morgan fingerprint density at radius 2 is 2.00 bits per heavy atom. The van der Waals surface area contributed by atoms with Crippen molar-refractivity contribution in [3.05, 3.63) is 38.7 Å². The normalized spacial score (nSPS) is 16.7. The van der Waals surface area contributed by atoms with Gasteiger partial charge in [-0.3, -0.25) is 9.59 Å². The maximum atomic E-state index is 12.9. The van der Waals surface area contributed by atoms with E-state index in [9.17, 15) is 14.4 Å². The quantitative estimate of drug-likeness (QED) is 0.705. The van der Waals surface area contributed by atoms with Gasteiger partial charge in [0.2, 0.25) is 5.91 Å². The fraction of sp³-hybridized carbons (Fsp3) is 0.545. The van der Waals surface area contributed by atoms with E-state index in [2.05, 4.69) is 26.3 Å². The molecule has 1 aromatic heterocycles. The molecule has 2 amide bonds. The summed E-state index contributed by atoms with van der Waals surface area (Å²) in [7, 11) is 0. The second kappa shape index (κ2) is 8.98. The summed E-state index contributed by atoms with van der Waals surface area (Å²) in [6.45, 7) is 10.2. The summed E-state index contributed by atoms with van der Waals surface area (Å²) in [6.07, 6.45) is 0.250. The molecular weight excluding hydrogens is 464 g/mol. The van der Waals surface area contributed by atoms with E-state index in [4.69, 9.17) is 4.74 Å². The Hall–Kier alpha value is -2.42. The Labute approximate surface area is 190 Å². The number of hydrogen-bond donors (Lipinski definition) is 1. The highest BCUT2D eigenvalue weighted by atomic mass is 79.9. The number of ether oxygens (including phenoxy) is 1. The number of nitrogens with zero attached hydrogens (tertiary/aromatic N) is 3. The predicted octanol–water partition coefficient (Wildman–Crippen LogP) is 3.41. The molecule has 3 rings (SSSR count). The molecule has 1 aromatic carbocycles. The molecular formula is C22H29BrN4O4. The number of benzene rings is 1. The van der Waals surface area contributed by atoms with E-state index in [1.807, 2.05) is 46.8 Å². The molecule has 168 valence electrons. The Balaban J connectivity index is 1.71. The van der Waals surface area contributed by atoms with Crippen molar-refractivity contribution in [2.45, 2.75) is 65.1 Å². The van der Waals surface area contributed by atoms with Gasteiger partial charge >= 0.3 is 6.09 Å². The molecule has 1 N–H and O–H groups in total. The number of amides is 2. The molecule has 1 fully saturated rings. The van der Waals surface area contributed by atoms with Crippen LogP contribution < -0.4 is 10.9 Å². The predicted molar refractivity (Wildman–Crippen MR) is 122 cm³/mol. The average molecular weight is 493 g/mol. The van der Waals surface area contributed by atoms with Crippen LogP contribution in [0.3, 0.4) is 0 Å². The number of aromatic nitrogens is 2. The highest BCUT2D eigenvalue weighted by Gasteiger charge is 2.30. The molecule has 0 saturated carbocycles. The van der Waals surface area contributed by atoms with Gasteiger partial charge in [-0.15, -0.1) is 0 Å². The van der Waals surface area contributed by atoms with Crippen molar-refractivity contribution in [2.75, 3.05) is 13.1 Å². The van der Waals surface area contributed by atoms with Crippen molar-refractivity contribution in [1.82, 2.24) is 20.0 Å². The van der Waals surface area contributed by atoms with Gasteiger partial charge in [0.25, 0.3) is 5.56 Å². The maximum absolute atomic E-state index is 12.9. The molecule has 1 unspecified atom stereocenters. The molecule has 1 atom stereocenters. The van der Waals surface area contributed by atoms with Crippen molar-refractivity contribution < 1.29 is 14.3 Å². The number of carbonyl (C=O) groups excluding carboxylic acids is 2. The first-order chi connectivity index (χ1) is 14.4. The summed E-state index contributed by atoms with van der Waals surface area (Å²) < 4.78 is 7.48. The van der Waals surface area contributed by atoms with Crippen LogP contribution in [0.2, 0.25) is 0 Å². The fourth-order valence-electron chi connectivity index (χ4n) is 3.60. The average Bonchev–Trinajstić information content (AvgIpc) is 3.10. The lowest BCUT2D eigenvalue weighted by atomic mass is 10.0. The summed E-state index contributed by atoms with van der Waals surface area (Å²) in [6, 6.07) is 5.26. The van der Waals surface area contributed by atoms with Gasteiger partial charge in [0, 0.05) is 29.0 Å². The number of nitrogens with one attached hydrogen (secondary N) is 1. The number of fused-ring (bicyclic) bond motifs is 1. The van der Waals surface area contributed by atoms with Gasteiger partial charge in [-0.05, 0) is 51.3 Å². The Kier molecular flexibility index (Phi) is 6.73. The van der Waals surface area contributed by atoms with E-state index in [0.717, 1.165) is 15.6 Å². The molecule has 0 bridgehead atoms. The zero-order valence-corrected chi connectivity index (χ0v) is 20.2. The van der Waals surface area contributed by atoms with Gasteiger partial charge in [0.15, 0.2) is 0 Å². The topological polar surface area (TPSA) is 93.5 Å². The smallest absolute Gasteiger partial charge is 0.410 e. The summed E-state index contributed by atoms with van der Waals surface area (Å²) in [5.74, 6) is -0.222. The molecule has 1 aliphatic heterocycles. The van der Waals surface area contributed by atoms with Crippen LogP contribution in [-0.2, 0) is 16.1 Å². The van der Waals surface area contributed by atoms with Crippen molar-refractivity contribution in [2.24, 2.45) is 0 Å². The third-order valence-electron chi connectivity index (χ3n) is 5.00. The van der Waals surface area contributed by atoms with Crippen molar-refractivity contribution in [3.8, 4) is 0 Å². The maximum Gasteiger partial charge on any atom is 0.410 e. The highest BCUT2D eigenvalue weighted by Crippen LogP contribution is 2.24. The zero-order valence-electron chi connectivity index (χ0n) is 18.6. The number of carbonyl (C=O) groups is 2. The first-order valence-corrected chi connectivity index (χ1v) is 11.2. The number of halogens is 1. The van der Waals surface area contributed by atoms with E-state index in [-0.39, 0.29) is 36.1 Å². The van der Waals surface area contributed by atoms with Gasteiger partial charge in [-0.25, -0.2) is 9.48 Å². The summed E-state index contributed by atoms with van der Waals surface area (Å²) in [5.41, 5.74) is -0.102.